The van der Waals surface area contributed by atoms with Gasteiger partial charge in [-0.15, -0.1) is 4.83 Å². The van der Waals surface area contributed by atoms with E-state index >= 15 is 0 Å². The molecule has 0 aliphatic heterocycles. The molecule has 7 nitrogen and oxygen atoms in total. The molecule has 0 bridgehead atoms. The normalized spacial score (nSPS) is 11.6. The molecule has 26 heavy (non-hydrogen) atoms. The second kappa shape index (κ2) is 8.37. The topological polar surface area (TPSA) is 116 Å². The highest BCUT2D eigenvalue weighted by Gasteiger charge is 2.25. The van der Waals surface area contributed by atoms with E-state index in [-0.39, 0.29) is 11.1 Å². The average Bonchev–Trinajstić information content (AvgIpc) is 2.63. The van der Waals surface area contributed by atoms with Crippen molar-refractivity contribution in [2.75, 3.05) is 13.2 Å². The van der Waals surface area contributed by atoms with Crippen molar-refractivity contribution in [1.29, 1.82) is 0 Å². The lowest BCUT2D eigenvalue weighted by atomic mass is 9.99. The first-order valence-electron chi connectivity index (χ1n) is 7.68. The molecule has 0 spiro atoms. The zero-order valence-electron chi connectivity index (χ0n) is 13.9. The van der Waals surface area contributed by atoms with Crippen molar-refractivity contribution in [1.82, 2.24) is 10.3 Å². The van der Waals surface area contributed by atoms with E-state index in [1.54, 1.807) is 35.2 Å². The van der Waals surface area contributed by atoms with E-state index in [2.05, 4.69) is 0 Å². The second-order valence-corrected chi connectivity index (χ2v) is 7.57. The summed E-state index contributed by atoms with van der Waals surface area (Å²) < 4.78 is 38.0. The molecule has 0 radical (unpaired) electrons. The Kier molecular flexibility index (Phi) is 6.43. The second-order valence-electron chi connectivity index (χ2n) is 5.61. The number of aliphatic hydroxyl groups excluding tert-OH is 2. The van der Waals surface area contributed by atoms with E-state index in [0.717, 1.165) is 5.56 Å². The molecule has 140 valence electrons. The predicted octanol–water partition coefficient (Wildman–Crippen LogP) is 0.719. The number of benzene rings is 2. The predicted molar refractivity (Wildman–Crippen MR) is 94.1 cm³/mol. The number of nitrogens with one attached hydrogen (secondary N) is 2. The molecule has 2 aromatic carbocycles. The molecule has 9 heteroatoms. The van der Waals surface area contributed by atoms with Crippen LogP contribution in [0.25, 0.3) is 11.1 Å². The van der Waals surface area contributed by atoms with Gasteiger partial charge in [-0.25, -0.2) is 12.8 Å². The van der Waals surface area contributed by atoms with Gasteiger partial charge in [0.1, 0.15) is 11.1 Å². The van der Waals surface area contributed by atoms with Crippen LogP contribution in [0.5, 0.6) is 0 Å². The van der Waals surface area contributed by atoms with Crippen molar-refractivity contribution in [2.45, 2.75) is 12.2 Å². The van der Waals surface area contributed by atoms with Crippen molar-refractivity contribution in [3.63, 3.8) is 0 Å². The molecule has 2 rings (SSSR count). The standard InChI is InChI=1S/C17H19FN2O5S/c1-11-7-13(12-5-3-2-4-6-12)8-15(16(11)18)17(23)19-20-26(24,25)14(9-21)10-22/h2-8,14,20-22H,9-10H2,1H3,(H,19,23). The maximum absolute atomic E-state index is 14.3. The lowest BCUT2D eigenvalue weighted by molar-refractivity contribution is 0.0940. The Bertz CT molecular complexity index is 884. The number of sulfonamides is 1. The summed E-state index contributed by atoms with van der Waals surface area (Å²) in [5, 5.41) is 16.4. The Labute approximate surface area is 150 Å². The highest BCUT2D eigenvalue weighted by atomic mass is 32.2. The van der Waals surface area contributed by atoms with Gasteiger partial charge in [0.05, 0.1) is 18.8 Å². The summed E-state index contributed by atoms with van der Waals surface area (Å²) in [5.74, 6) is -1.77. The Morgan fingerprint density at radius 2 is 1.73 bits per heavy atom. The van der Waals surface area contributed by atoms with E-state index in [1.165, 1.54) is 13.0 Å². The fraction of sp³-hybridized carbons (Fsp3) is 0.235. The van der Waals surface area contributed by atoms with Gasteiger partial charge in [0.15, 0.2) is 0 Å². The summed E-state index contributed by atoms with van der Waals surface area (Å²) in [6.45, 7) is -0.173. The van der Waals surface area contributed by atoms with Crippen LogP contribution in [0.1, 0.15) is 15.9 Å². The van der Waals surface area contributed by atoms with Crippen LogP contribution in [0.2, 0.25) is 0 Å². The van der Waals surface area contributed by atoms with Crippen LogP contribution in [0.3, 0.4) is 0 Å². The summed E-state index contributed by atoms with van der Waals surface area (Å²) in [6, 6.07) is 11.9. The first kappa shape index (κ1) is 20.0. The minimum atomic E-state index is -4.22. The molecular formula is C17H19FN2O5S. The van der Waals surface area contributed by atoms with E-state index < -0.39 is 40.2 Å². The number of hydrogen-bond acceptors (Lipinski definition) is 5. The number of carbonyl (C=O) groups excluding carboxylic acids is 1. The molecule has 0 heterocycles. The summed E-state index contributed by atoms with van der Waals surface area (Å²) >= 11 is 0. The third kappa shape index (κ3) is 4.44. The van der Waals surface area contributed by atoms with Crippen LogP contribution in [-0.4, -0.2) is 43.0 Å². The quantitative estimate of drug-likeness (QED) is 0.527. The smallest absolute Gasteiger partial charge is 0.269 e. The van der Waals surface area contributed by atoms with Crippen LogP contribution >= 0.6 is 0 Å². The summed E-state index contributed by atoms with van der Waals surface area (Å²) in [4.78, 5) is 14.0. The third-order valence-electron chi connectivity index (χ3n) is 3.76. The maximum atomic E-state index is 14.3. The Morgan fingerprint density at radius 3 is 2.31 bits per heavy atom. The molecule has 0 unspecified atom stereocenters. The van der Waals surface area contributed by atoms with E-state index in [9.17, 15) is 17.6 Å². The Morgan fingerprint density at radius 1 is 1.12 bits per heavy atom. The molecule has 1 amide bonds. The zero-order chi connectivity index (χ0) is 19.3. The van der Waals surface area contributed by atoms with Crippen LogP contribution in [0.4, 0.5) is 4.39 Å². The Balaban J connectivity index is 2.28. The highest BCUT2D eigenvalue weighted by molar-refractivity contribution is 7.90. The van der Waals surface area contributed by atoms with Crippen molar-refractivity contribution in [3.8, 4) is 11.1 Å². The lowest BCUT2D eigenvalue weighted by Gasteiger charge is -2.15. The average molecular weight is 382 g/mol. The number of hydrazine groups is 1. The maximum Gasteiger partial charge on any atom is 0.269 e. The van der Waals surface area contributed by atoms with E-state index in [1.807, 2.05) is 11.5 Å². The molecule has 0 aliphatic carbocycles. The lowest BCUT2D eigenvalue weighted by Crippen LogP contribution is -2.48. The minimum absolute atomic E-state index is 0.225. The first-order chi connectivity index (χ1) is 12.3. The van der Waals surface area contributed by atoms with E-state index in [4.69, 9.17) is 10.2 Å². The van der Waals surface area contributed by atoms with Gasteiger partial charge in [0, 0.05) is 0 Å². The summed E-state index contributed by atoms with van der Waals surface area (Å²) in [5.41, 5.74) is 3.15. The largest absolute Gasteiger partial charge is 0.395 e. The van der Waals surface area contributed by atoms with Crippen molar-refractivity contribution >= 4 is 15.9 Å². The van der Waals surface area contributed by atoms with Crippen molar-refractivity contribution in [3.05, 3.63) is 59.4 Å². The van der Waals surface area contributed by atoms with Gasteiger partial charge >= 0.3 is 0 Å². The van der Waals surface area contributed by atoms with Crippen LogP contribution < -0.4 is 10.3 Å². The summed E-state index contributed by atoms with van der Waals surface area (Å²) in [6.07, 6.45) is 0. The number of rotatable bonds is 7. The van der Waals surface area contributed by atoms with Crippen LogP contribution in [-0.2, 0) is 10.0 Å². The van der Waals surface area contributed by atoms with Crippen molar-refractivity contribution in [2.24, 2.45) is 0 Å². The van der Waals surface area contributed by atoms with Gasteiger partial charge in [-0.3, -0.25) is 10.2 Å². The number of hydrogen-bond donors (Lipinski definition) is 4. The molecular weight excluding hydrogens is 363 g/mol. The SMILES string of the molecule is Cc1cc(-c2ccccc2)cc(C(=O)NNS(=O)(=O)C(CO)CO)c1F. The third-order valence-corrected chi connectivity index (χ3v) is 5.32. The van der Waals surface area contributed by atoms with Gasteiger partial charge in [-0.2, -0.15) is 0 Å². The highest BCUT2D eigenvalue weighted by Crippen LogP contribution is 2.24. The number of amides is 1. The summed E-state index contributed by atoms with van der Waals surface area (Å²) in [7, 11) is -4.22. The van der Waals surface area contributed by atoms with Gasteiger partial charge in [0.25, 0.3) is 5.91 Å². The molecule has 0 atom stereocenters. The molecule has 0 aromatic heterocycles. The van der Waals surface area contributed by atoms with Gasteiger partial charge < -0.3 is 10.2 Å². The Hall–Kier alpha value is -2.33. The van der Waals surface area contributed by atoms with Crippen LogP contribution in [0, 0.1) is 12.7 Å². The van der Waals surface area contributed by atoms with Gasteiger partial charge in [-0.1, -0.05) is 30.3 Å². The molecule has 4 N–H and O–H groups in total. The first-order valence-corrected chi connectivity index (χ1v) is 9.23. The number of carbonyl (C=O) groups is 1. The van der Waals surface area contributed by atoms with Crippen LogP contribution in [0.15, 0.2) is 42.5 Å². The number of aliphatic hydroxyl groups is 2. The fourth-order valence-electron chi connectivity index (χ4n) is 2.25. The number of halogens is 1. The van der Waals surface area contributed by atoms with Gasteiger partial charge in [-0.05, 0) is 35.7 Å². The monoisotopic (exact) mass is 382 g/mol. The molecule has 0 saturated carbocycles. The minimum Gasteiger partial charge on any atom is -0.395 e. The van der Waals surface area contributed by atoms with E-state index in [0.29, 0.717) is 5.56 Å². The molecule has 2 aromatic rings. The molecule has 0 aliphatic rings. The van der Waals surface area contributed by atoms with Crippen molar-refractivity contribution < 1.29 is 27.8 Å². The zero-order valence-corrected chi connectivity index (χ0v) is 14.8. The fourth-order valence-corrected chi connectivity index (χ4v) is 3.05. The number of aryl methyl sites for hydroxylation is 1. The molecule has 0 fully saturated rings. The van der Waals surface area contributed by atoms with Gasteiger partial charge in [0.2, 0.25) is 10.0 Å². The molecule has 0 saturated heterocycles.